The van der Waals surface area contributed by atoms with E-state index >= 15 is 0 Å². The number of ether oxygens (including phenoxy) is 2. The van der Waals surface area contributed by atoms with Gasteiger partial charge in [0.1, 0.15) is 12.4 Å². The highest BCUT2D eigenvalue weighted by molar-refractivity contribution is 5.92. The molecule has 1 aromatic heterocycles. The van der Waals surface area contributed by atoms with Gasteiger partial charge < -0.3 is 19.3 Å². The van der Waals surface area contributed by atoms with E-state index < -0.39 is 11.6 Å². The van der Waals surface area contributed by atoms with Crippen molar-refractivity contribution in [1.82, 2.24) is 10.5 Å². The number of aromatic nitrogens is 1. The van der Waals surface area contributed by atoms with E-state index in [9.17, 15) is 13.6 Å². The number of halogens is 2. The van der Waals surface area contributed by atoms with Gasteiger partial charge in [-0.25, -0.2) is 8.78 Å². The molecule has 2 rings (SSSR count). The average Bonchev–Trinajstić information content (AvgIpc) is 3.02. The average molecular weight is 354 g/mol. The minimum absolute atomic E-state index is 0.1000. The predicted molar refractivity (Wildman–Crippen MR) is 85.2 cm³/mol. The first-order valence-corrected chi connectivity index (χ1v) is 7.89. The number of carbonyl (C=O) groups is 1. The molecule has 6 nitrogen and oxygen atoms in total. The Balaban J connectivity index is 1.78. The van der Waals surface area contributed by atoms with Gasteiger partial charge in [0, 0.05) is 25.3 Å². The standard InChI is InChI=1S/C17H20F2N2O4/c1-11(2)23-7-3-6-20-17(22)15-9-13(25-21-15)10-24-16-5-4-12(18)8-14(16)19/h4-5,8-9,11H,3,6-7,10H2,1-2H3,(H,20,22). The van der Waals surface area contributed by atoms with Gasteiger partial charge in [-0.3, -0.25) is 4.79 Å². The molecular weight excluding hydrogens is 334 g/mol. The fourth-order valence-electron chi connectivity index (χ4n) is 1.91. The van der Waals surface area contributed by atoms with Crippen LogP contribution in [0.15, 0.2) is 28.8 Å². The summed E-state index contributed by atoms with van der Waals surface area (Å²) in [6, 6.07) is 4.38. The SMILES string of the molecule is CC(C)OCCCNC(=O)c1cc(COc2ccc(F)cc2F)on1. The third kappa shape index (κ3) is 6.15. The van der Waals surface area contributed by atoms with Crippen molar-refractivity contribution >= 4 is 5.91 Å². The van der Waals surface area contributed by atoms with Gasteiger partial charge in [0.2, 0.25) is 0 Å². The van der Waals surface area contributed by atoms with Crippen molar-refractivity contribution in [2.75, 3.05) is 13.2 Å². The van der Waals surface area contributed by atoms with Gasteiger partial charge in [-0.2, -0.15) is 0 Å². The summed E-state index contributed by atoms with van der Waals surface area (Å²) in [5, 5.41) is 6.33. The summed E-state index contributed by atoms with van der Waals surface area (Å²) < 4.78 is 41.8. The van der Waals surface area contributed by atoms with Gasteiger partial charge in [-0.1, -0.05) is 5.16 Å². The molecule has 0 spiro atoms. The van der Waals surface area contributed by atoms with E-state index in [4.69, 9.17) is 14.0 Å². The zero-order valence-corrected chi connectivity index (χ0v) is 14.1. The van der Waals surface area contributed by atoms with Gasteiger partial charge in [0.15, 0.2) is 23.0 Å². The van der Waals surface area contributed by atoms with Gasteiger partial charge in [-0.05, 0) is 32.4 Å². The van der Waals surface area contributed by atoms with E-state index in [2.05, 4.69) is 10.5 Å². The molecule has 136 valence electrons. The lowest BCUT2D eigenvalue weighted by Crippen LogP contribution is -2.25. The first-order valence-electron chi connectivity index (χ1n) is 7.89. The fraction of sp³-hybridized carbons (Fsp3) is 0.412. The maximum Gasteiger partial charge on any atom is 0.273 e. The number of amides is 1. The lowest BCUT2D eigenvalue weighted by Gasteiger charge is -2.07. The second-order valence-electron chi connectivity index (χ2n) is 5.57. The lowest BCUT2D eigenvalue weighted by molar-refractivity contribution is 0.0756. The molecule has 1 aromatic carbocycles. The minimum Gasteiger partial charge on any atom is -0.482 e. The van der Waals surface area contributed by atoms with Crippen LogP contribution in [0.25, 0.3) is 0 Å². The molecule has 0 aliphatic rings. The molecular formula is C17H20F2N2O4. The Morgan fingerprint density at radius 3 is 2.84 bits per heavy atom. The highest BCUT2D eigenvalue weighted by Gasteiger charge is 2.13. The summed E-state index contributed by atoms with van der Waals surface area (Å²) in [5.74, 6) is -1.76. The van der Waals surface area contributed by atoms with Crippen molar-refractivity contribution in [2.24, 2.45) is 0 Å². The van der Waals surface area contributed by atoms with Crippen LogP contribution < -0.4 is 10.1 Å². The van der Waals surface area contributed by atoms with Gasteiger partial charge in [-0.15, -0.1) is 0 Å². The summed E-state index contributed by atoms with van der Waals surface area (Å²) in [7, 11) is 0. The number of benzene rings is 1. The van der Waals surface area contributed by atoms with E-state index in [-0.39, 0.29) is 35.8 Å². The third-order valence-electron chi connectivity index (χ3n) is 3.11. The molecule has 1 amide bonds. The molecule has 0 aliphatic heterocycles. The largest absolute Gasteiger partial charge is 0.482 e. The monoisotopic (exact) mass is 354 g/mol. The summed E-state index contributed by atoms with van der Waals surface area (Å²) >= 11 is 0. The summed E-state index contributed by atoms with van der Waals surface area (Å²) in [6.45, 7) is 4.75. The van der Waals surface area contributed by atoms with Crippen LogP contribution in [-0.4, -0.2) is 30.3 Å². The molecule has 0 bridgehead atoms. The minimum atomic E-state index is -0.818. The van der Waals surface area contributed by atoms with Crippen LogP contribution in [0.1, 0.15) is 36.5 Å². The summed E-state index contributed by atoms with van der Waals surface area (Å²) in [5.41, 5.74) is 0.1000. The zero-order valence-electron chi connectivity index (χ0n) is 14.1. The van der Waals surface area contributed by atoms with Crippen molar-refractivity contribution in [1.29, 1.82) is 0 Å². The van der Waals surface area contributed by atoms with Crippen LogP contribution in [0.3, 0.4) is 0 Å². The molecule has 0 saturated heterocycles. The maximum atomic E-state index is 13.5. The molecule has 1 heterocycles. The molecule has 0 saturated carbocycles. The molecule has 0 atom stereocenters. The van der Waals surface area contributed by atoms with Gasteiger partial charge >= 0.3 is 0 Å². The number of hydrogen-bond donors (Lipinski definition) is 1. The Labute approximate surface area is 144 Å². The summed E-state index contributed by atoms with van der Waals surface area (Å²) in [4.78, 5) is 11.9. The number of rotatable bonds is 9. The lowest BCUT2D eigenvalue weighted by atomic mass is 10.3. The van der Waals surface area contributed by atoms with Crippen LogP contribution in [-0.2, 0) is 11.3 Å². The van der Waals surface area contributed by atoms with Crippen molar-refractivity contribution in [2.45, 2.75) is 33.0 Å². The topological polar surface area (TPSA) is 73.6 Å². The van der Waals surface area contributed by atoms with Crippen LogP contribution in [0, 0.1) is 11.6 Å². The quantitative estimate of drug-likeness (QED) is 0.701. The number of nitrogens with zero attached hydrogens (tertiary/aromatic N) is 1. The number of hydrogen-bond acceptors (Lipinski definition) is 5. The fourth-order valence-corrected chi connectivity index (χ4v) is 1.91. The smallest absolute Gasteiger partial charge is 0.273 e. The first-order chi connectivity index (χ1) is 12.0. The van der Waals surface area contributed by atoms with E-state index in [0.29, 0.717) is 19.6 Å². The van der Waals surface area contributed by atoms with Crippen molar-refractivity contribution in [3.63, 3.8) is 0 Å². The molecule has 2 aromatic rings. The Hall–Kier alpha value is -2.48. The molecule has 0 unspecified atom stereocenters. The predicted octanol–water partition coefficient (Wildman–Crippen LogP) is 3.08. The van der Waals surface area contributed by atoms with Crippen molar-refractivity contribution in [3.05, 3.63) is 47.4 Å². The zero-order chi connectivity index (χ0) is 18.2. The van der Waals surface area contributed by atoms with Crippen LogP contribution in [0.5, 0.6) is 5.75 Å². The Kier molecular flexibility index (Phi) is 6.88. The molecule has 1 N–H and O–H groups in total. The van der Waals surface area contributed by atoms with Crippen LogP contribution in [0.4, 0.5) is 8.78 Å². The molecule has 0 aliphatic carbocycles. The Morgan fingerprint density at radius 1 is 1.32 bits per heavy atom. The molecule has 0 radical (unpaired) electrons. The highest BCUT2D eigenvalue weighted by atomic mass is 19.1. The van der Waals surface area contributed by atoms with Crippen LogP contribution in [0.2, 0.25) is 0 Å². The van der Waals surface area contributed by atoms with E-state index in [1.54, 1.807) is 0 Å². The maximum absolute atomic E-state index is 13.5. The Morgan fingerprint density at radius 2 is 2.12 bits per heavy atom. The van der Waals surface area contributed by atoms with E-state index in [1.807, 2.05) is 13.8 Å². The molecule has 0 fully saturated rings. The van der Waals surface area contributed by atoms with Crippen molar-refractivity contribution < 1.29 is 27.6 Å². The Bertz CT molecular complexity index is 704. The second-order valence-corrected chi connectivity index (χ2v) is 5.57. The van der Waals surface area contributed by atoms with E-state index in [0.717, 1.165) is 12.1 Å². The number of carbonyl (C=O) groups excluding carboxylic acids is 1. The summed E-state index contributed by atoms with van der Waals surface area (Å²) in [6.07, 6.45) is 0.835. The van der Waals surface area contributed by atoms with Crippen molar-refractivity contribution in [3.8, 4) is 5.75 Å². The molecule has 8 heteroatoms. The number of nitrogens with one attached hydrogen (secondary N) is 1. The second kappa shape index (κ2) is 9.12. The van der Waals surface area contributed by atoms with Gasteiger partial charge in [0.25, 0.3) is 5.91 Å². The van der Waals surface area contributed by atoms with E-state index in [1.165, 1.54) is 12.1 Å². The van der Waals surface area contributed by atoms with Gasteiger partial charge in [0.05, 0.1) is 6.10 Å². The third-order valence-corrected chi connectivity index (χ3v) is 3.11. The van der Waals surface area contributed by atoms with Crippen LogP contribution >= 0.6 is 0 Å². The first kappa shape index (κ1) is 18.9. The highest BCUT2D eigenvalue weighted by Crippen LogP contribution is 2.19. The normalized spacial score (nSPS) is 10.9. The molecule has 25 heavy (non-hydrogen) atoms.